The third-order valence-electron chi connectivity index (χ3n) is 5.66. The van der Waals surface area contributed by atoms with Gasteiger partial charge in [-0.05, 0) is 45.1 Å². The van der Waals surface area contributed by atoms with Crippen molar-refractivity contribution in [1.82, 2.24) is 30.1 Å². The van der Waals surface area contributed by atoms with Gasteiger partial charge in [-0.3, -0.25) is 14.7 Å². The zero-order valence-corrected chi connectivity index (χ0v) is 15.1. The van der Waals surface area contributed by atoms with Crippen molar-refractivity contribution in [2.75, 3.05) is 39.8 Å². The molecule has 7 nitrogen and oxygen atoms in total. The molecule has 2 saturated heterocycles. The molecule has 2 fully saturated rings. The molecule has 1 amide bonds. The van der Waals surface area contributed by atoms with E-state index in [1.54, 1.807) is 24.8 Å². The predicted octanol–water partition coefficient (Wildman–Crippen LogP) is 1.05. The van der Waals surface area contributed by atoms with Gasteiger partial charge in [-0.2, -0.15) is 0 Å². The monoisotopic (exact) mass is 352 g/mol. The normalized spacial score (nSPS) is 20.3. The number of nitrogens with zero attached hydrogens (tertiary/aromatic N) is 5. The molecular formula is C19H24N6O. The zero-order valence-electron chi connectivity index (χ0n) is 15.1. The number of carbonyl (C=O) groups excluding carboxylic acids is 1. The summed E-state index contributed by atoms with van der Waals surface area (Å²) in [5.41, 5.74) is 1.54. The Morgan fingerprint density at radius 3 is 2.50 bits per heavy atom. The van der Waals surface area contributed by atoms with Crippen LogP contribution in [0.25, 0.3) is 11.4 Å². The number of rotatable bonds is 2. The molecule has 0 aromatic carbocycles. The molecule has 2 aliphatic rings. The Hall–Kier alpha value is -2.38. The maximum Gasteiger partial charge on any atom is 0.257 e. The number of pyridine rings is 1. The summed E-state index contributed by atoms with van der Waals surface area (Å²) < 4.78 is 0. The molecule has 136 valence electrons. The molecule has 7 heteroatoms. The van der Waals surface area contributed by atoms with Crippen molar-refractivity contribution < 1.29 is 4.79 Å². The van der Waals surface area contributed by atoms with E-state index in [-0.39, 0.29) is 11.4 Å². The van der Waals surface area contributed by atoms with Crippen LogP contribution in [-0.2, 0) is 0 Å². The van der Waals surface area contributed by atoms with Crippen LogP contribution in [0.4, 0.5) is 0 Å². The molecule has 0 radical (unpaired) electrons. The lowest BCUT2D eigenvalue weighted by molar-refractivity contribution is -0.00101. The predicted molar refractivity (Wildman–Crippen MR) is 98.6 cm³/mol. The number of likely N-dealkylation sites (N-methyl/N-ethyl adjacent to an activating group) is 1. The highest BCUT2D eigenvalue weighted by molar-refractivity contribution is 5.94. The average molecular weight is 352 g/mol. The van der Waals surface area contributed by atoms with Crippen LogP contribution in [0.5, 0.6) is 0 Å². The fraction of sp³-hybridized carbons (Fsp3) is 0.474. The topological polar surface area (TPSA) is 74.2 Å². The van der Waals surface area contributed by atoms with Crippen LogP contribution < -0.4 is 5.32 Å². The molecule has 0 unspecified atom stereocenters. The van der Waals surface area contributed by atoms with Crippen LogP contribution in [0.3, 0.4) is 0 Å². The van der Waals surface area contributed by atoms with E-state index in [4.69, 9.17) is 0 Å². The van der Waals surface area contributed by atoms with Gasteiger partial charge < -0.3 is 10.2 Å². The van der Waals surface area contributed by atoms with E-state index in [0.717, 1.165) is 51.1 Å². The van der Waals surface area contributed by atoms with Crippen molar-refractivity contribution >= 4 is 5.91 Å². The molecule has 1 N–H and O–H groups in total. The summed E-state index contributed by atoms with van der Waals surface area (Å²) in [4.78, 5) is 30.1. The third-order valence-corrected chi connectivity index (χ3v) is 5.66. The smallest absolute Gasteiger partial charge is 0.257 e. The van der Waals surface area contributed by atoms with Crippen LogP contribution in [-0.4, -0.2) is 76.0 Å². The van der Waals surface area contributed by atoms with E-state index in [2.05, 4.69) is 32.2 Å². The van der Waals surface area contributed by atoms with Gasteiger partial charge in [0.1, 0.15) is 0 Å². The minimum absolute atomic E-state index is 0.0253. The first kappa shape index (κ1) is 17.1. The molecule has 1 spiro atoms. The average Bonchev–Trinajstić information content (AvgIpc) is 2.71. The number of piperidine rings is 1. The lowest BCUT2D eigenvalue weighted by atomic mass is 9.84. The molecule has 0 atom stereocenters. The highest BCUT2D eigenvalue weighted by atomic mass is 16.2. The first-order chi connectivity index (χ1) is 12.7. The number of carbonyl (C=O) groups is 1. The molecule has 0 aliphatic carbocycles. The van der Waals surface area contributed by atoms with Crippen molar-refractivity contribution in [3.8, 4) is 11.4 Å². The number of hydrogen-bond acceptors (Lipinski definition) is 6. The minimum atomic E-state index is 0.0253. The van der Waals surface area contributed by atoms with Crippen LogP contribution >= 0.6 is 0 Å². The molecule has 2 aliphatic heterocycles. The summed E-state index contributed by atoms with van der Waals surface area (Å²) >= 11 is 0. The van der Waals surface area contributed by atoms with Crippen molar-refractivity contribution in [3.05, 3.63) is 42.5 Å². The Morgan fingerprint density at radius 2 is 1.81 bits per heavy atom. The fourth-order valence-corrected chi connectivity index (χ4v) is 3.94. The van der Waals surface area contributed by atoms with Gasteiger partial charge in [0.2, 0.25) is 0 Å². The van der Waals surface area contributed by atoms with Crippen molar-refractivity contribution in [1.29, 1.82) is 0 Å². The highest BCUT2D eigenvalue weighted by Gasteiger charge is 2.41. The largest absolute Gasteiger partial charge is 0.335 e. The molecular weight excluding hydrogens is 328 g/mol. The highest BCUT2D eigenvalue weighted by Crippen LogP contribution is 2.29. The standard InChI is InChI=1S/C19H24N6O/c1-24-10-11-25(14-19(24)4-8-21-9-5-19)18(26)16-12-22-17(23-13-16)15-2-6-20-7-3-15/h2-3,6-7,12-13,21H,4-5,8-11,14H2,1H3. The number of amides is 1. The van der Waals surface area contributed by atoms with Crippen molar-refractivity contribution in [3.63, 3.8) is 0 Å². The Morgan fingerprint density at radius 1 is 1.12 bits per heavy atom. The van der Waals surface area contributed by atoms with Gasteiger partial charge in [0.05, 0.1) is 5.56 Å². The Labute approximate surface area is 153 Å². The molecule has 4 rings (SSSR count). The van der Waals surface area contributed by atoms with Gasteiger partial charge in [-0.15, -0.1) is 0 Å². The summed E-state index contributed by atoms with van der Waals surface area (Å²) in [7, 11) is 2.18. The van der Waals surface area contributed by atoms with E-state index < -0.39 is 0 Å². The quantitative estimate of drug-likeness (QED) is 0.871. The summed E-state index contributed by atoms with van der Waals surface area (Å²) in [5.74, 6) is 0.634. The van der Waals surface area contributed by atoms with Gasteiger partial charge >= 0.3 is 0 Å². The van der Waals surface area contributed by atoms with Gasteiger partial charge in [0.15, 0.2) is 5.82 Å². The Balaban J connectivity index is 1.50. The van der Waals surface area contributed by atoms with Gasteiger partial charge in [-0.25, -0.2) is 9.97 Å². The van der Waals surface area contributed by atoms with E-state index >= 15 is 0 Å². The van der Waals surface area contributed by atoms with Crippen molar-refractivity contribution in [2.24, 2.45) is 0 Å². The number of piperazine rings is 1. The lowest BCUT2D eigenvalue weighted by Crippen LogP contribution is -2.64. The Bertz CT molecular complexity index is 757. The zero-order chi connectivity index (χ0) is 18.0. The molecule has 26 heavy (non-hydrogen) atoms. The van der Waals surface area contributed by atoms with Gasteiger partial charge in [-0.1, -0.05) is 0 Å². The second kappa shape index (κ2) is 7.09. The molecule has 4 heterocycles. The van der Waals surface area contributed by atoms with Crippen LogP contribution in [0.15, 0.2) is 36.9 Å². The van der Waals surface area contributed by atoms with Crippen LogP contribution in [0, 0.1) is 0 Å². The minimum Gasteiger partial charge on any atom is -0.335 e. The first-order valence-corrected chi connectivity index (χ1v) is 9.12. The van der Waals surface area contributed by atoms with E-state index in [0.29, 0.717) is 11.4 Å². The Kier molecular flexibility index (Phi) is 4.65. The first-order valence-electron chi connectivity index (χ1n) is 9.12. The maximum atomic E-state index is 13.0. The number of aromatic nitrogens is 3. The SMILES string of the molecule is CN1CCN(C(=O)c2cnc(-c3ccncc3)nc2)CC12CCNCC2. The number of hydrogen-bond donors (Lipinski definition) is 1. The molecule has 0 bridgehead atoms. The van der Waals surface area contributed by atoms with Crippen LogP contribution in [0.2, 0.25) is 0 Å². The second-order valence-corrected chi connectivity index (χ2v) is 7.15. The molecule has 2 aromatic rings. The molecule has 2 aromatic heterocycles. The summed E-state index contributed by atoms with van der Waals surface area (Å²) in [6.45, 7) is 4.45. The lowest BCUT2D eigenvalue weighted by Gasteiger charge is -2.51. The maximum absolute atomic E-state index is 13.0. The van der Waals surface area contributed by atoms with Crippen molar-refractivity contribution in [2.45, 2.75) is 18.4 Å². The van der Waals surface area contributed by atoms with Gasteiger partial charge in [0.25, 0.3) is 5.91 Å². The molecule has 0 saturated carbocycles. The van der Waals surface area contributed by atoms with Gasteiger partial charge in [0, 0.05) is 55.5 Å². The third kappa shape index (κ3) is 3.20. The second-order valence-electron chi connectivity index (χ2n) is 7.15. The number of nitrogens with one attached hydrogen (secondary N) is 1. The van der Waals surface area contributed by atoms with E-state index in [9.17, 15) is 4.79 Å². The summed E-state index contributed by atoms with van der Waals surface area (Å²) in [6, 6.07) is 3.72. The summed E-state index contributed by atoms with van der Waals surface area (Å²) in [6.07, 6.45) is 8.84. The fourth-order valence-electron chi connectivity index (χ4n) is 3.94. The van der Waals surface area contributed by atoms with E-state index in [1.807, 2.05) is 17.0 Å². The van der Waals surface area contributed by atoms with E-state index in [1.165, 1.54) is 0 Å². The summed E-state index contributed by atoms with van der Waals surface area (Å²) in [5, 5.41) is 3.42. The van der Waals surface area contributed by atoms with Crippen LogP contribution in [0.1, 0.15) is 23.2 Å².